The lowest BCUT2D eigenvalue weighted by atomic mass is 10.0. The Kier molecular flexibility index (Phi) is 1.85. The number of aliphatic hydroxyl groups is 1. The van der Waals surface area contributed by atoms with E-state index in [1.807, 2.05) is 24.4 Å². The summed E-state index contributed by atoms with van der Waals surface area (Å²) in [5.41, 5.74) is 1.29. The average molecular weight is 163 g/mol. The molecule has 1 heterocycles. The van der Waals surface area contributed by atoms with Crippen LogP contribution in [0.2, 0.25) is 0 Å². The first-order chi connectivity index (χ1) is 5.85. The first-order valence-electron chi connectivity index (χ1n) is 4.35. The van der Waals surface area contributed by atoms with Gasteiger partial charge in [0.05, 0.1) is 0 Å². The van der Waals surface area contributed by atoms with Gasteiger partial charge in [0.1, 0.15) is 0 Å². The monoisotopic (exact) mass is 163 g/mol. The molecule has 64 valence electrons. The van der Waals surface area contributed by atoms with E-state index in [1.54, 1.807) is 0 Å². The second-order valence-electron chi connectivity index (χ2n) is 3.66. The Hall–Kier alpha value is -0.890. The molecule has 0 atom stereocenters. The number of pyridine rings is 1. The van der Waals surface area contributed by atoms with E-state index in [0.717, 1.165) is 25.0 Å². The molecule has 1 aromatic rings. The molecule has 1 N–H and O–H groups in total. The first-order valence-corrected chi connectivity index (χ1v) is 4.35. The predicted molar refractivity (Wildman–Crippen MR) is 46.7 cm³/mol. The molecule has 0 bridgehead atoms. The van der Waals surface area contributed by atoms with Crippen molar-refractivity contribution in [3.63, 3.8) is 0 Å². The Balaban J connectivity index is 2.04. The van der Waals surface area contributed by atoms with Crippen molar-refractivity contribution in [1.29, 1.82) is 0 Å². The van der Waals surface area contributed by atoms with E-state index in [4.69, 9.17) is 5.11 Å². The van der Waals surface area contributed by atoms with Gasteiger partial charge < -0.3 is 5.11 Å². The molecule has 0 spiro atoms. The summed E-state index contributed by atoms with van der Waals surface area (Å²) in [6.07, 6.45) is 5.05. The van der Waals surface area contributed by atoms with Crippen LogP contribution in [0.3, 0.4) is 0 Å². The van der Waals surface area contributed by atoms with Crippen molar-refractivity contribution in [3.05, 3.63) is 30.1 Å². The molecule has 0 unspecified atom stereocenters. The van der Waals surface area contributed by atoms with Gasteiger partial charge in [-0.1, -0.05) is 6.07 Å². The minimum atomic E-state index is 0.189. The highest BCUT2D eigenvalue weighted by Crippen LogP contribution is 2.47. The van der Waals surface area contributed by atoms with Gasteiger partial charge in [0.2, 0.25) is 0 Å². The molecule has 1 aromatic heterocycles. The van der Waals surface area contributed by atoms with E-state index >= 15 is 0 Å². The van der Waals surface area contributed by atoms with Crippen molar-refractivity contribution in [2.24, 2.45) is 5.41 Å². The maximum atomic E-state index is 9.09. The lowest BCUT2D eigenvalue weighted by molar-refractivity contribution is 0.210. The number of hydrogen-bond acceptors (Lipinski definition) is 2. The van der Waals surface area contributed by atoms with E-state index in [9.17, 15) is 0 Å². The molecule has 0 amide bonds. The van der Waals surface area contributed by atoms with Gasteiger partial charge in [-0.2, -0.15) is 0 Å². The molecular weight excluding hydrogens is 150 g/mol. The molecule has 1 saturated carbocycles. The molecule has 0 aromatic carbocycles. The zero-order valence-electron chi connectivity index (χ0n) is 7.03. The molecular formula is C10H13NO. The molecule has 1 aliphatic rings. The fraction of sp³-hybridized carbons (Fsp3) is 0.500. The van der Waals surface area contributed by atoms with Crippen LogP contribution in [-0.4, -0.2) is 16.7 Å². The molecule has 0 radical (unpaired) electrons. The van der Waals surface area contributed by atoms with Crippen LogP contribution in [0.15, 0.2) is 24.4 Å². The van der Waals surface area contributed by atoms with Crippen molar-refractivity contribution in [1.82, 2.24) is 4.98 Å². The summed E-state index contributed by atoms with van der Waals surface area (Å²) in [6.45, 7) is 0.309. The van der Waals surface area contributed by atoms with E-state index in [1.165, 1.54) is 0 Å². The zero-order chi connectivity index (χ0) is 8.44. The van der Waals surface area contributed by atoms with Gasteiger partial charge >= 0.3 is 0 Å². The van der Waals surface area contributed by atoms with E-state index in [-0.39, 0.29) is 5.41 Å². The highest BCUT2D eigenvalue weighted by Gasteiger charge is 2.42. The molecule has 2 nitrogen and oxygen atoms in total. The average Bonchev–Trinajstić information content (AvgIpc) is 2.88. The van der Waals surface area contributed by atoms with Crippen molar-refractivity contribution in [3.8, 4) is 0 Å². The van der Waals surface area contributed by atoms with Crippen molar-refractivity contribution >= 4 is 0 Å². The molecule has 0 aliphatic heterocycles. The summed E-state index contributed by atoms with van der Waals surface area (Å²) < 4.78 is 0. The van der Waals surface area contributed by atoms with E-state index in [0.29, 0.717) is 6.61 Å². The maximum absolute atomic E-state index is 9.09. The van der Waals surface area contributed by atoms with Crippen molar-refractivity contribution < 1.29 is 5.11 Å². The van der Waals surface area contributed by atoms with Gasteiger partial charge in [-0.05, 0) is 36.8 Å². The van der Waals surface area contributed by atoms with E-state index < -0.39 is 0 Å². The molecule has 2 rings (SSSR count). The van der Waals surface area contributed by atoms with Crippen molar-refractivity contribution in [2.45, 2.75) is 19.3 Å². The number of rotatable bonds is 3. The maximum Gasteiger partial charge on any atom is 0.0491 e. The smallest absolute Gasteiger partial charge is 0.0491 e. The summed E-state index contributed by atoms with van der Waals surface area (Å²) in [5.74, 6) is 0. The number of hydrogen-bond donors (Lipinski definition) is 1. The number of aromatic nitrogens is 1. The fourth-order valence-electron chi connectivity index (χ4n) is 1.45. The van der Waals surface area contributed by atoms with Crippen LogP contribution in [0.5, 0.6) is 0 Å². The highest BCUT2D eigenvalue weighted by atomic mass is 16.3. The highest BCUT2D eigenvalue weighted by molar-refractivity contribution is 5.09. The van der Waals surface area contributed by atoms with Gasteiger partial charge in [0.25, 0.3) is 0 Å². The summed E-state index contributed by atoms with van der Waals surface area (Å²) in [6, 6.07) is 5.94. The third kappa shape index (κ3) is 1.48. The lowest BCUT2D eigenvalue weighted by Crippen LogP contribution is -2.10. The van der Waals surface area contributed by atoms with Crippen LogP contribution in [0.4, 0.5) is 0 Å². The Bertz CT molecular complexity index is 254. The topological polar surface area (TPSA) is 33.1 Å². The Morgan fingerprint density at radius 3 is 2.75 bits per heavy atom. The summed E-state index contributed by atoms with van der Waals surface area (Å²) in [7, 11) is 0. The molecule has 1 fully saturated rings. The quantitative estimate of drug-likeness (QED) is 0.730. The first kappa shape index (κ1) is 7.74. The number of aliphatic hydroxyl groups excluding tert-OH is 1. The standard InChI is InChI=1S/C10H13NO/c12-8-10(4-5-10)7-9-3-1-2-6-11-9/h1-3,6,12H,4-5,7-8H2. The SMILES string of the molecule is OCC1(Cc2ccccn2)CC1. The van der Waals surface area contributed by atoms with Crippen LogP contribution in [-0.2, 0) is 6.42 Å². The predicted octanol–water partition coefficient (Wildman–Crippen LogP) is 1.40. The third-order valence-corrected chi connectivity index (χ3v) is 2.57. The van der Waals surface area contributed by atoms with Gasteiger partial charge in [-0.3, -0.25) is 4.98 Å². The Morgan fingerprint density at radius 1 is 1.42 bits per heavy atom. The number of nitrogens with zero attached hydrogens (tertiary/aromatic N) is 1. The molecule has 2 heteroatoms. The van der Waals surface area contributed by atoms with Crippen LogP contribution in [0.1, 0.15) is 18.5 Å². The van der Waals surface area contributed by atoms with E-state index in [2.05, 4.69) is 4.98 Å². The van der Waals surface area contributed by atoms with Crippen LogP contribution < -0.4 is 0 Å². The molecule has 0 saturated heterocycles. The normalized spacial score (nSPS) is 19.1. The van der Waals surface area contributed by atoms with Crippen LogP contribution in [0.25, 0.3) is 0 Å². The lowest BCUT2D eigenvalue weighted by Gasteiger charge is -2.09. The minimum Gasteiger partial charge on any atom is -0.396 e. The zero-order valence-corrected chi connectivity index (χ0v) is 7.03. The summed E-state index contributed by atoms with van der Waals surface area (Å²) >= 11 is 0. The Labute approximate surface area is 72.3 Å². The molecule has 12 heavy (non-hydrogen) atoms. The largest absolute Gasteiger partial charge is 0.396 e. The second-order valence-corrected chi connectivity index (χ2v) is 3.66. The summed E-state index contributed by atoms with van der Waals surface area (Å²) in [4.78, 5) is 4.24. The van der Waals surface area contributed by atoms with Crippen molar-refractivity contribution in [2.75, 3.05) is 6.61 Å². The van der Waals surface area contributed by atoms with Gasteiger partial charge in [0, 0.05) is 18.5 Å². The van der Waals surface area contributed by atoms with Gasteiger partial charge in [-0.15, -0.1) is 0 Å². The summed E-state index contributed by atoms with van der Waals surface area (Å²) in [5, 5.41) is 9.09. The third-order valence-electron chi connectivity index (χ3n) is 2.57. The van der Waals surface area contributed by atoms with Crippen LogP contribution in [0, 0.1) is 5.41 Å². The minimum absolute atomic E-state index is 0.189. The Morgan fingerprint density at radius 2 is 2.25 bits per heavy atom. The van der Waals surface area contributed by atoms with Gasteiger partial charge in [0.15, 0.2) is 0 Å². The molecule has 1 aliphatic carbocycles. The van der Waals surface area contributed by atoms with Crippen LogP contribution >= 0.6 is 0 Å². The fourth-order valence-corrected chi connectivity index (χ4v) is 1.45. The second kappa shape index (κ2) is 2.87. The van der Waals surface area contributed by atoms with Gasteiger partial charge in [-0.25, -0.2) is 0 Å².